The van der Waals surface area contributed by atoms with Crippen LogP contribution in [0.15, 0.2) is 0 Å². The molecule has 0 bridgehead atoms. The molecule has 0 fully saturated rings. The summed E-state index contributed by atoms with van der Waals surface area (Å²) < 4.78 is 0. The van der Waals surface area contributed by atoms with Crippen molar-refractivity contribution in [3.05, 3.63) is 0 Å². The molecule has 0 spiro atoms. The predicted molar refractivity (Wildman–Crippen MR) is 53.5 cm³/mol. The lowest BCUT2D eigenvalue weighted by Gasteiger charge is -2.15. The number of hydrogen-bond donors (Lipinski definition) is 1. The maximum atomic E-state index is 11.3. The maximum Gasteiger partial charge on any atom is 0.148 e. The second-order valence-electron chi connectivity index (χ2n) is 3.80. The summed E-state index contributed by atoms with van der Waals surface area (Å²) in [6.45, 7) is 6.02. The van der Waals surface area contributed by atoms with Crippen molar-refractivity contribution < 1.29 is 9.90 Å². The highest BCUT2D eigenvalue weighted by molar-refractivity contribution is 7.99. The van der Waals surface area contributed by atoms with Crippen LogP contribution in [0.3, 0.4) is 0 Å². The van der Waals surface area contributed by atoms with E-state index >= 15 is 0 Å². The molecule has 0 aromatic rings. The molecule has 0 rings (SSSR count). The molecule has 0 unspecified atom stereocenters. The van der Waals surface area contributed by atoms with Crippen molar-refractivity contribution in [2.75, 3.05) is 18.1 Å². The number of aliphatic hydroxyl groups is 1. The van der Waals surface area contributed by atoms with Crippen LogP contribution in [0, 0.1) is 5.41 Å². The van der Waals surface area contributed by atoms with Crippen molar-refractivity contribution in [1.82, 2.24) is 0 Å². The number of rotatable bonds is 5. The summed E-state index contributed by atoms with van der Waals surface area (Å²) in [5, 5.41) is 8.49. The predicted octanol–water partition coefficient (Wildman–Crippen LogP) is 1.72. The van der Waals surface area contributed by atoms with Crippen LogP contribution in [0.25, 0.3) is 0 Å². The van der Waals surface area contributed by atoms with Crippen LogP contribution >= 0.6 is 11.8 Å². The Kier molecular flexibility index (Phi) is 5.59. The molecular formula is C9H18O2S. The molecule has 0 aromatic heterocycles. The zero-order chi connectivity index (χ0) is 9.61. The molecule has 0 radical (unpaired) electrons. The fourth-order valence-corrected chi connectivity index (χ4v) is 1.64. The molecule has 0 amide bonds. The molecule has 0 aliphatic carbocycles. The van der Waals surface area contributed by atoms with Crippen LogP contribution in [-0.2, 0) is 4.79 Å². The van der Waals surface area contributed by atoms with E-state index in [1.54, 1.807) is 11.8 Å². The molecule has 0 aromatic carbocycles. The smallest absolute Gasteiger partial charge is 0.148 e. The van der Waals surface area contributed by atoms with E-state index in [2.05, 4.69) is 0 Å². The Morgan fingerprint density at radius 3 is 2.42 bits per heavy atom. The second kappa shape index (κ2) is 5.60. The standard InChI is InChI=1S/C9H18O2S/c1-9(2,3)8(11)7-12-6-4-5-10/h10H,4-7H2,1-3H3. The zero-order valence-electron chi connectivity index (χ0n) is 8.09. The van der Waals surface area contributed by atoms with Crippen molar-refractivity contribution >= 4 is 17.5 Å². The quantitative estimate of drug-likeness (QED) is 0.671. The van der Waals surface area contributed by atoms with E-state index in [4.69, 9.17) is 5.11 Å². The minimum absolute atomic E-state index is 0.216. The van der Waals surface area contributed by atoms with E-state index in [-0.39, 0.29) is 17.8 Å². The van der Waals surface area contributed by atoms with E-state index in [1.807, 2.05) is 20.8 Å². The highest BCUT2D eigenvalue weighted by Crippen LogP contribution is 2.17. The maximum absolute atomic E-state index is 11.3. The van der Waals surface area contributed by atoms with E-state index < -0.39 is 0 Å². The summed E-state index contributed by atoms with van der Waals surface area (Å²) in [5.41, 5.74) is -0.216. The summed E-state index contributed by atoms with van der Waals surface area (Å²) in [4.78, 5) is 11.3. The number of hydrogen-bond acceptors (Lipinski definition) is 3. The molecule has 2 nitrogen and oxygen atoms in total. The third-order valence-corrected chi connectivity index (χ3v) is 2.56. The number of aliphatic hydroxyl groups excluding tert-OH is 1. The van der Waals surface area contributed by atoms with Gasteiger partial charge in [-0.05, 0) is 12.2 Å². The highest BCUT2D eigenvalue weighted by atomic mass is 32.2. The Hall–Kier alpha value is -0.0200. The highest BCUT2D eigenvalue weighted by Gasteiger charge is 2.20. The molecule has 3 heteroatoms. The van der Waals surface area contributed by atoms with E-state index in [9.17, 15) is 4.79 Å². The van der Waals surface area contributed by atoms with Crippen LogP contribution in [0.1, 0.15) is 27.2 Å². The van der Waals surface area contributed by atoms with Gasteiger partial charge in [0, 0.05) is 12.0 Å². The summed E-state index contributed by atoms with van der Waals surface area (Å²) in [5.74, 6) is 1.73. The van der Waals surface area contributed by atoms with E-state index in [0.29, 0.717) is 5.75 Å². The molecule has 0 aliphatic rings. The van der Waals surface area contributed by atoms with Gasteiger partial charge in [0.05, 0.1) is 5.75 Å². The summed E-state index contributed by atoms with van der Waals surface area (Å²) in [6, 6.07) is 0. The Balaban J connectivity index is 3.45. The van der Waals surface area contributed by atoms with Gasteiger partial charge in [-0.2, -0.15) is 11.8 Å². The van der Waals surface area contributed by atoms with Crippen LogP contribution in [0.4, 0.5) is 0 Å². The lowest BCUT2D eigenvalue weighted by atomic mass is 9.92. The van der Waals surface area contributed by atoms with Gasteiger partial charge in [0.2, 0.25) is 0 Å². The normalized spacial score (nSPS) is 11.7. The fourth-order valence-electron chi connectivity index (χ4n) is 0.548. The SMILES string of the molecule is CC(C)(C)C(=O)CSCCCO. The monoisotopic (exact) mass is 190 g/mol. The minimum Gasteiger partial charge on any atom is -0.396 e. The fraction of sp³-hybridized carbons (Fsp3) is 0.889. The van der Waals surface area contributed by atoms with Gasteiger partial charge >= 0.3 is 0 Å². The van der Waals surface area contributed by atoms with Gasteiger partial charge < -0.3 is 5.11 Å². The largest absolute Gasteiger partial charge is 0.396 e. The number of carbonyl (C=O) groups is 1. The average Bonchev–Trinajstić information content (AvgIpc) is 1.96. The van der Waals surface area contributed by atoms with Gasteiger partial charge in [-0.3, -0.25) is 4.79 Å². The Labute approximate surface area is 78.7 Å². The van der Waals surface area contributed by atoms with Crippen LogP contribution < -0.4 is 0 Å². The van der Waals surface area contributed by atoms with Crippen molar-refractivity contribution in [1.29, 1.82) is 0 Å². The van der Waals surface area contributed by atoms with Gasteiger partial charge in [-0.1, -0.05) is 20.8 Å². The first kappa shape index (κ1) is 12.0. The van der Waals surface area contributed by atoms with Crippen LogP contribution in [-0.4, -0.2) is 29.0 Å². The zero-order valence-corrected chi connectivity index (χ0v) is 8.91. The molecule has 0 saturated heterocycles. The number of carbonyl (C=O) groups excluding carboxylic acids is 1. The molecule has 0 saturated carbocycles. The third-order valence-electron chi connectivity index (χ3n) is 1.52. The van der Waals surface area contributed by atoms with Gasteiger partial charge in [-0.15, -0.1) is 0 Å². The summed E-state index contributed by atoms with van der Waals surface area (Å²) in [6.07, 6.45) is 0.780. The molecule has 0 atom stereocenters. The number of thioether (sulfide) groups is 1. The Morgan fingerprint density at radius 2 is 2.00 bits per heavy atom. The molecule has 0 heterocycles. The van der Waals surface area contributed by atoms with Gasteiger partial charge in [0.25, 0.3) is 0 Å². The first-order valence-electron chi connectivity index (χ1n) is 4.20. The lowest BCUT2D eigenvalue weighted by molar-refractivity contribution is -0.123. The third kappa shape index (κ3) is 5.61. The number of Topliss-reactive ketones (excluding diaryl/α,β-unsaturated/α-hetero) is 1. The van der Waals surface area contributed by atoms with Crippen LogP contribution in [0.2, 0.25) is 0 Å². The first-order valence-corrected chi connectivity index (χ1v) is 5.36. The molecular weight excluding hydrogens is 172 g/mol. The summed E-state index contributed by atoms with van der Waals surface area (Å²) in [7, 11) is 0. The number of ketones is 1. The Morgan fingerprint density at radius 1 is 1.42 bits per heavy atom. The van der Waals surface area contributed by atoms with Crippen LogP contribution in [0.5, 0.6) is 0 Å². The van der Waals surface area contributed by atoms with Crippen molar-refractivity contribution in [3.63, 3.8) is 0 Å². The average molecular weight is 190 g/mol. The van der Waals surface area contributed by atoms with Gasteiger partial charge in [0.15, 0.2) is 0 Å². The lowest BCUT2D eigenvalue weighted by Crippen LogP contribution is -2.22. The minimum atomic E-state index is -0.216. The van der Waals surface area contributed by atoms with Gasteiger partial charge in [0.1, 0.15) is 5.78 Å². The molecule has 72 valence electrons. The van der Waals surface area contributed by atoms with E-state index in [1.165, 1.54) is 0 Å². The van der Waals surface area contributed by atoms with Crippen molar-refractivity contribution in [3.8, 4) is 0 Å². The van der Waals surface area contributed by atoms with Gasteiger partial charge in [-0.25, -0.2) is 0 Å². The molecule has 1 N–H and O–H groups in total. The first-order chi connectivity index (χ1) is 5.48. The van der Waals surface area contributed by atoms with Crippen molar-refractivity contribution in [2.24, 2.45) is 5.41 Å². The molecule has 12 heavy (non-hydrogen) atoms. The second-order valence-corrected chi connectivity index (χ2v) is 4.91. The van der Waals surface area contributed by atoms with Crippen molar-refractivity contribution in [2.45, 2.75) is 27.2 Å². The Bertz CT molecular complexity index is 138. The van der Waals surface area contributed by atoms with E-state index in [0.717, 1.165) is 12.2 Å². The summed E-state index contributed by atoms with van der Waals surface area (Å²) >= 11 is 1.60. The molecule has 0 aliphatic heterocycles. The topological polar surface area (TPSA) is 37.3 Å².